The molecule has 1 heterocycles. The second-order valence-corrected chi connectivity index (χ2v) is 12.7. The minimum absolute atomic E-state index is 0.544. The third kappa shape index (κ3) is 4.17. The highest BCUT2D eigenvalue weighted by Gasteiger charge is 2.06. The van der Waals surface area contributed by atoms with Gasteiger partial charge in [0, 0.05) is 23.5 Å². The van der Waals surface area contributed by atoms with Crippen LogP contribution in [-0.4, -0.2) is 24.5 Å². The number of hydrogen-bond acceptors (Lipinski definition) is 2. The zero-order valence-electron chi connectivity index (χ0n) is 12.7. The lowest BCUT2D eigenvalue weighted by molar-refractivity contribution is 0.0791. The Morgan fingerprint density at radius 3 is 2.70 bits per heavy atom. The largest absolute Gasteiger partial charge is 0.362 e. The molecule has 2 rings (SSSR count). The van der Waals surface area contributed by atoms with Crippen LogP contribution < -0.4 is 0 Å². The molecule has 0 aliphatic carbocycles. The van der Waals surface area contributed by atoms with E-state index in [1.807, 2.05) is 4.68 Å². The molecule has 0 aliphatic heterocycles. The molecule has 0 saturated carbocycles. The normalized spacial score (nSPS) is 12.2. The van der Waals surface area contributed by atoms with Crippen molar-refractivity contribution < 1.29 is 4.74 Å². The van der Waals surface area contributed by atoms with E-state index >= 15 is 0 Å². The SMILES string of the molecule is Cc1cc(CBr)cc2cn(COCC[Si-](C)(C)C)nc12. The van der Waals surface area contributed by atoms with Crippen molar-refractivity contribution in [1.29, 1.82) is 0 Å². The van der Waals surface area contributed by atoms with Crippen molar-refractivity contribution in [2.45, 2.75) is 44.7 Å². The lowest BCUT2D eigenvalue weighted by atomic mass is 10.1. The van der Waals surface area contributed by atoms with Gasteiger partial charge in [-0.15, -0.1) is 14.1 Å². The molecule has 1 aromatic heterocycles. The maximum atomic E-state index is 5.75. The van der Waals surface area contributed by atoms with Crippen molar-refractivity contribution in [2.24, 2.45) is 0 Å². The monoisotopic (exact) mass is 354 g/mol. The van der Waals surface area contributed by atoms with E-state index in [1.165, 1.54) is 22.6 Å². The van der Waals surface area contributed by atoms with Gasteiger partial charge in [-0.3, -0.25) is 0 Å². The fraction of sp³-hybridized carbons (Fsp3) is 0.533. The Labute approximate surface area is 130 Å². The molecule has 2 aromatic rings. The first-order valence-corrected chi connectivity index (χ1v) is 11.8. The number of aryl methyl sites for hydroxylation is 1. The molecule has 0 aliphatic rings. The molecule has 0 saturated heterocycles. The van der Waals surface area contributed by atoms with Gasteiger partial charge in [-0.1, -0.05) is 22.0 Å². The summed E-state index contributed by atoms with van der Waals surface area (Å²) in [5, 5.41) is 6.67. The van der Waals surface area contributed by atoms with Crippen LogP contribution in [0.2, 0.25) is 25.7 Å². The van der Waals surface area contributed by atoms with Crippen LogP contribution >= 0.6 is 15.9 Å². The van der Waals surface area contributed by atoms with Crippen molar-refractivity contribution in [3.8, 4) is 0 Å². The summed E-state index contributed by atoms with van der Waals surface area (Å²) in [5.41, 5.74) is 3.58. The molecule has 0 radical (unpaired) electrons. The van der Waals surface area contributed by atoms with E-state index in [4.69, 9.17) is 4.74 Å². The molecule has 0 unspecified atom stereocenters. The van der Waals surface area contributed by atoms with Gasteiger partial charge in [0.1, 0.15) is 6.73 Å². The number of ether oxygens (including phenoxy) is 1. The van der Waals surface area contributed by atoms with Crippen LogP contribution in [-0.2, 0) is 16.8 Å². The number of benzene rings is 1. The predicted molar refractivity (Wildman–Crippen MR) is 91.2 cm³/mol. The van der Waals surface area contributed by atoms with Gasteiger partial charge >= 0.3 is 0 Å². The Morgan fingerprint density at radius 2 is 2.05 bits per heavy atom. The fourth-order valence-electron chi connectivity index (χ4n) is 2.12. The average Bonchev–Trinajstić information content (AvgIpc) is 2.77. The smallest absolute Gasteiger partial charge is 0.139 e. The molecule has 0 bridgehead atoms. The molecule has 3 nitrogen and oxygen atoms in total. The number of nitrogens with zero attached hydrogens (tertiary/aromatic N) is 2. The van der Waals surface area contributed by atoms with Crippen LogP contribution in [0, 0.1) is 6.92 Å². The predicted octanol–water partition coefficient (Wildman–Crippen LogP) is 4.55. The van der Waals surface area contributed by atoms with Crippen LogP contribution in [0.5, 0.6) is 0 Å². The van der Waals surface area contributed by atoms with Crippen molar-refractivity contribution >= 4 is 34.9 Å². The summed E-state index contributed by atoms with van der Waals surface area (Å²) in [7, 11) is -1.01. The highest BCUT2D eigenvalue weighted by molar-refractivity contribution is 9.08. The molecule has 0 fully saturated rings. The lowest BCUT2D eigenvalue weighted by Crippen LogP contribution is -2.22. The third-order valence-electron chi connectivity index (χ3n) is 3.28. The van der Waals surface area contributed by atoms with E-state index in [0.29, 0.717) is 6.73 Å². The summed E-state index contributed by atoms with van der Waals surface area (Å²) in [6.07, 6.45) is 2.07. The Kier molecular flexibility index (Phi) is 5.04. The summed E-state index contributed by atoms with van der Waals surface area (Å²) in [5.74, 6) is 0. The van der Waals surface area contributed by atoms with E-state index in [2.05, 4.69) is 65.9 Å². The molecule has 0 N–H and O–H groups in total. The maximum absolute atomic E-state index is 5.75. The van der Waals surface area contributed by atoms with Gasteiger partial charge in [-0.05, 0) is 24.1 Å². The van der Waals surface area contributed by atoms with Gasteiger partial charge < -0.3 is 4.74 Å². The summed E-state index contributed by atoms with van der Waals surface area (Å²) in [6, 6.07) is 5.56. The van der Waals surface area contributed by atoms with E-state index in [-0.39, 0.29) is 0 Å². The Hall–Kier alpha value is -0.653. The molecule has 0 spiro atoms. The van der Waals surface area contributed by atoms with Gasteiger partial charge in [0.15, 0.2) is 0 Å². The van der Waals surface area contributed by atoms with Gasteiger partial charge in [-0.25, -0.2) is 4.68 Å². The first-order valence-electron chi connectivity index (χ1n) is 6.99. The van der Waals surface area contributed by atoms with Crippen LogP contribution in [0.1, 0.15) is 11.1 Å². The van der Waals surface area contributed by atoms with Gasteiger partial charge in [0.2, 0.25) is 0 Å². The fourth-order valence-corrected chi connectivity index (χ4v) is 3.20. The molecular formula is C15H23BrN2OSi-. The van der Waals surface area contributed by atoms with Crippen LogP contribution in [0.25, 0.3) is 10.9 Å². The van der Waals surface area contributed by atoms with Crippen molar-refractivity contribution in [3.05, 3.63) is 29.5 Å². The Bertz CT molecular complexity index is 589. The van der Waals surface area contributed by atoms with E-state index in [1.54, 1.807) is 0 Å². The zero-order chi connectivity index (χ0) is 14.8. The lowest BCUT2D eigenvalue weighted by Gasteiger charge is -2.26. The Morgan fingerprint density at radius 1 is 1.30 bits per heavy atom. The number of alkyl halides is 1. The molecule has 0 atom stereocenters. The number of hydrogen-bond donors (Lipinski definition) is 0. The first kappa shape index (κ1) is 15.7. The van der Waals surface area contributed by atoms with Gasteiger partial charge in [0.25, 0.3) is 0 Å². The zero-order valence-corrected chi connectivity index (χ0v) is 15.3. The van der Waals surface area contributed by atoms with Gasteiger partial charge in [0.05, 0.1) is 5.52 Å². The molecule has 5 heteroatoms. The second-order valence-electron chi connectivity index (χ2n) is 6.50. The highest BCUT2D eigenvalue weighted by atomic mass is 79.9. The van der Waals surface area contributed by atoms with Crippen molar-refractivity contribution in [2.75, 3.05) is 6.61 Å². The van der Waals surface area contributed by atoms with Crippen molar-refractivity contribution in [3.63, 3.8) is 0 Å². The number of halogens is 1. The third-order valence-corrected chi connectivity index (χ3v) is 5.63. The quantitative estimate of drug-likeness (QED) is 0.432. The number of aromatic nitrogens is 2. The molecule has 1 aromatic carbocycles. The molecule has 111 valence electrons. The standard InChI is InChI=1S/C15H23BrN2OSi/c1-12-7-13(9-16)8-14-10-18(17-15(12)14)11-19-5-6-20(2,3)4/h7-8,10H,5-6,9,11H2,1-4H3/q-1. The molecular weight excluding hydrogens is 332 g/mol. The second kappa shape index (κ2) is 6.41. The van der Waals surface area contributed by atoms with Crippen LogP contribution in [0.3, 0.4) is 0 Å². The maximum Gasteiger partial charge on any atom is 0.139 e. The number of rotatable bonds is 6. The average molecular weight is 355 g/mol. The van der Waals surface area contributed by atoms with Gasteiger partial charge in [-0.2, -0.15) is 24.7 Å². The highest BCUT2D eigenvalue weighted by Crippen LogP contribution is 2.20. The summed E-state index contributed by atoms with van der Waals surface area (Å²) in [6.45, 7) is 10.6. The van der Waals surface area contributed by atoms with Crippen molar-refractivity contribution in [1.82, 2.24) is 9.78 Å². The molecule has 20 heavy (non-hydrogen) atoms. The van der Waals surface area contributed by atoms with Crippen LogP contribution in [0.15, 0.2) is 18.3 Å². The van der Waals surface area contributed by atoms with E-state index in [0.717, 1.165) is 17.5 Å². The van der Waals surface area contributed by atoms with Crippen LogP contribution in [0.4, 0.5) is 0 Å². The summed E-state index contributed by atoms with van der Waals surface area (Å²) < 4.78 is 7.65. The summed E-state index contributed by atoms with van der Waals surface area (Å²) >= 11 is 3.51. The molecule has 0 amide bonds. The number of fused-ring (bicyclic) bond motifs is 1. The topological polar surface area (TPSA) is 27.1 Å². The van der Waals surface area contributed by atoms with E-state index in [9.17, 15) is 0 Å². The van der Waals surface area contributed by atoms with E-state index < -0.39 is 8.07 Å². The summed E-state index contributed by atoms with van der Waals surface area (Å²) in [4.78, 5) is 0. The minimum atomic E-state index is -1.01. The Balaban J connectivity index is 2.03. The first-order chi connectivity index (χ1) is 9.39. The minimum Gasteiger partial charge on any atom is -0.362 e.